The highest BCUT2D eigenvalue weighted by Crippen LogP contribution is 2.25. The summed E-state index contributed by atoms with van der Waals surface area (Å²) in [5.41, 5.74) is 0.833. The van der Waals surface area contributed by atoms with Crippen LogP contribution in [-0.2, 0) is 0 Å². The molecule has 0 bridgehead atoms. The molecule has 1 aromatic carbocycles. The number of nitrogens with one attached hydrogen (secondary N) is 1. The van der Waals surface area contributed by atoms with Crippen molar-refractivity contribution >= 4 is 23.1 Å². The summed E-state index contributed by atoms with van der Waals surface area (Å²) in [6.07, 6.45) is 2.94. The smallest absolute Gasteiger partial charge is 0.292 e. The molecule has 0 amide bonds. The van der Waals surface area contributed by atoms with Crippen LogP contribution in [0, 0.1) is 21.4 Å². The van der Waals surface area contributed by atoms with E-state index in [1.165, 1.54) is 18.2 Å². The molecule has 1 unspecified atom stereocenters. The zero-order valence-electron chi connectivity index (χ0n) is 10.3. The molecule has 6 heteroatoms. The predicted octanol–water partition coefficient (Wildman–Crippen LogP) is 3.02. The van der Waals surface area contributed by atoms with Gasteiger partial charge in [-0.15, -0.1) is 0 Å². The van der Waals surface area contributed by atoms with Gasteiger partial charge in [-0.25, -0.2) is 0 Å². The molecule has 1 atom stereocenters. The Morgan fingerprint density at radius 2 is 2.33 bits per heavy atom. The minimum Gasteiger partial charge on any atom is -0.379 e. The quantitative estimate of drug-likeness (QED) is 0.631. The predicted molar refractivity (Wildman–Crippen MR) is 73.9 cm³/mol. The highest BCUT2D eigenvalue weighted by molar-refractivity contribution is 7.99. The van der Waals surface area contributed by atoms with Crippen molar-refractivity contribution in [2.24, 2.45) is 0 Å². The van der Waals surface area contributed by atoms with Crippen LogP contribution in [0.1, 0.15) is 18.9 Å². The monoisotopic (exact) mass is 265 g/mol. The van der Waals surface area contributed by atoms with E-state index in [9.17, 15) is 10.1 Å². The molecule has 0 aliphatic rings. The van der Waals surface area contributed by atoms with Crippen molar-refractivity contribution in [3.63, 3.8) is 0 Å². The Labute approximate surface area is 110 Å². The normalized spacial score (nSPS) is 11.6. The largest absolute Gasteiger partial charge is 0.379 e. The number of benzene rings is 1. The molecule has 0 aromatic heterocycles. The number of nitrogens with zero attached hydrogens (tertiary/aromatic N) is 2. The van der Waals surface area contributed by atoms with E-state index in [2.05, 4.69) is 12.2 Å². The van der Waals surface area contributed by atoms with Gasteiger partial charge in [0.25, 0.3) is 5.69 Å². The first kappa shape index (κ1) is 14.3. The molecular weight excluding hydrogens is 250 g/mol. The third kappa shape index (κ3) is 3.93. The molecule has 1 aromatic rings. The Bertz CT molecular complexity index is 471. The van der Waals surface area contributed by atoms with Crippen LogP contribution in [0.3, 0.4) is 0 Å². The molecule has 1 N–H and O–H groups in total. The Hall–Kier alpha value is -1.74. The second-order valence-corrected chi connectivity index (χ2v) is 5.14. The lowest BCUT2D eigenvalue weighted by molar-refractivity contribution is -0.384. The average Bonchev–Trinajstić information content (AvgIpc) is 2.37. The molecule has 5 nitrogen and oxygen atoms in total. The number of thioether (sulfide) groups is 1. The summed E-state index contributed by atoms with van der Waals surface area (Å²) in [5.74, 6) is 0. The number of hydrogen-bond acceptors (Lipinski definition) is 5. The standard InChI is InChI=1S/C12H15N3O2S/c1-9(18-2)5-6-14-11-7-10(8-13)3-4-12(11)15(16)17/h3-4,7,9,14H,5-6H2,1-2H3. The molecule has 18 heavy (non-hydrogen) atoms. The van der Waals surface area contributed by atoms with Crippen LogP contribution in [0.2, 0.25) is 0 Å². The minimum absolute atomic E-state index is 0.00537. The summed E-state index contributed by atoms with van der Waals surface area (Å²) in [6, 6.07) is 6.31. The Kier molecular flexibility index (Phi) is 5.46. The van der Waals surface area contributed by atoms with Crippen molar-refractivity contribution in [3.05, 3.63) is 33.9 Å². The lowest BCUT2D eigenvalue weighted by atomic mass is 10.2. The van der Waals surface area contributed by atoms with Gasteiger partial charge in [0, 0.05) is 17.9 Å². The maximum Gasteiger partial charge on any atom is 0.292 e. The second-order valence-electron chi connectivity index (χ2n) is 3.86. The maximum absolute atomic E-state index is 10.9. The van der Waals surface area contributed by atoms with E-state index in [0.717, 1.165) is 6.42 Å². The number of rotatable bonds is 6. The molecule has 0 saturated carbocycles. The van der Waals surface area contributed by atoms with Crippen LogP contribution >= 0.6 is 11.8 Å². The van der Waals surface area contributed by atoms with Crippen molar-refractivity contribution in [1.82, 2.24) is 0 Å². The van der Waals surface area contributed by atoms with E-state index in [1.807, 2.05) is 12.3 Å². The molecule has 0 fully saturated rings. The van der Waals surface area contributed by atoms with Gasteiger partial charge >= 0.3 is 0 Å². The number of hydrogen-bond donors (Lipinski definition) is 1. The fraction of sp³-hybridized carbons (Fsp3) is 0.417. The highest BCUT2D eigenvalue weighted by atomic mass is 32.2. The van der Waals surface area contributed by atoms with Crippen molar-refractivity contribution in [1.29, 1.82) is 5.26 Å². The summed E-state index contributed by atoms with van der Waals surface area (Å²) >= 11 is 1.75. The summed E-state index contributed by atoms with van der Waals surface area (Å²) in [6.45, 7) is 2.75. The number of nitro groups is 1. The first-order valence-electron chi connectivity index (χ1n) is 5.53. The van der Waals surface area contributed by atoms with E-state index in [4.69, 9.17) is 5.26 Å². The zero-order chi connectivity index (χ0) is 13.5. The van der Waals surface area contributed by atoms with E-state index in [-0.39, 0.29) is 5.69 Å². The fourth-order valence-corrected chi connectivity index (χ4v) is 1.79. The van der Waals surface area contributed by atoms with Gasteiger partial charge in [-0.2, -0.15) is 17.0 Å². The third-order valence-corrected chi connectivity index (χ3v) is 3.63. The minimum atomic E-state index is -0.443. The second kappa shape index (κ2) is 6.87. The third-order valence-electron chi connectivity index (χ3n) is 2.59. The van der Waals surface area contributed by atoms with Crippen molar-refractivity contribution in [2.45, 2.75) is 18.6 Å². The molecule has 1 rings (SSSR count). The van der Waals surface area contributed by atoms with E-state index >= 15 is 0 Å². The van der Waals surface area contributed by atoms with Gasteiger partial charge in [-0.3, -0.25) is 10.1 Å². The van der Waals surface area contributed by atoms with Gasteiger partial charge in [-0.1, -0.05) is 6.92 Å². The Morgan fingerprint density at radius 3 is 2.89 bits per heavy atom. The summed E-state index contributed by atoms with van der Waals surface area (Å²) < 4.78 is 0. The van der Waals surface area contributed by atoms with E-state index < -0.39 is 4.92 Å². The molecular formula is C12H15N3O2S. The summed E-state index contributed by atoms with van der Waals surface area (Å²) in [7, 11) is 0. The van der Waals surface area contributed by atoms with Crippen molar-refractivity contribution < 1.29 is 4.92 Å². The molecule has 0 saturated heterocycles. The van der Waals surface area contributed by atoms with Gasteiger partial charge in [0.15, 0.2) is 0 Å². The van der Waals surface area contributed by atoms with Crippen LogP contribution in [-0.4, -0.2) is 23.0 Å². The SMILES string of the molecule is CSC(C)CCNc1cc(C#N)ccc1[N+](=O)[O-]. The number of anilines is 1. The highest BCUT2D eigenvalue weighted by Gasteiger charge is 2.13. The molecule has 0 aliphatic carbocycles. The van der Waals surface area contributed by atoms with Crippen LogP contribution in [0.4, 0.5) is 11.4 Å². The van der Waals surface area contributed by atoms with Gasteiger partial charge < -0.3 is 5.32 Å². The molecule has 96 valence electrons. The van der Waals surface area contributed by atoms with E-state index in [1.54, 1.807) is 11.8 Å². The van der Waals surface area contributed by atoms with Gasteiger partial charge in [0.05, 0.1) is 16.6 Å². The lowest BCUT2D eigenvalue weighted by Crippen LogP contribution is -2.09. The molecule has 0 spiro atoms. The van der Waals surface area contributed by atoms with Gasteiger partial charge in [-0.05, 0) is 24.8 Å². The zero-order valence-corrected chi connectivity index (χ0v) is 11.2. The average molecular weight is 265 g/mol. The topological polar surface area (TPSA) is 79.0 Å². The molecule has 0 radical (unpaired) electrons. The van der Waals surface area contributed by atoms with E-state index in [0.29, 0.717) is 23.0 Å². The van der Waals surface area contributed by atoms with Gasteiger partial charge in [0.1, 0.15) is 5.69 Å². The molecule has 0 aliphatic heterocycles. The van der Waals surface area contributed by atoms with Gasteiger partial charge in [0.2, 0.25) is 0 Å². The van der Waals surface area contributed by atoms with Crippen LogP contribution in [0.25, 0.3) is 0 Å². The lowest BCUT2D eigenvalue weighted by Gasteiger charge is -2.10. The number of nitriles is 1. The molecule has 0 heterocycles. The Morgan fingerprint density at radius 1 is 1.61 bits per heavy atom. The number of nitro benzene ring substituents is 1. The Balaban J connectivity index is 2.79. The first-order chi connectivity index (χ1) is 8.58. The summed E-state index contributed by atoms with van der Waals surface area (Å²) in [4.78, 5) is 10.4. The van der Waals surface area contributed by atoms with Crippen LogP contribution in [0.5, 0.6) is 0 Å². The first-order valence-corrected chi connectivity index (χ1v) is 6.82. The van der Waals surface area contributed by atoms with Crippen molar-refractivity contribution in [3.8, 4) is 6.07 Å². The van der Waals surface area contributed by atoms with Crippen LogP contribution < -0.4 is 5.32 Å². The van der Waals surface area contributed by atoms with Crippen molar-refractivity contribution in [2.75, 3.05) is 18.1 Å². The fourth-order valence-electron chi connectivity index (χ4n) is 1.43. The maximum atomic E-state index is 10.9. The van der Waals surface area contributed by atoms with Crippen LogP contribution in [0.15, 0.2) is 18.2 Å². The summed E-state index contributed by atoms with van der Waals surface area (Å²) in [5, 5.41) is 23.2.